The molecule has 1 radical (unpaired) electrons. The van der Waals surface area contributed by atoms with Crippen molar-refractivity contribution in [2.45, 2.75) is 25.3 Å². The molecule has 20 heavy (non-hydrogen) atoms. The van der Waals surface area contributed by atoms with Gasteiger partial charge in [0.25, 0.3) is 10.1 Å². The zero-order valence-corrected chi connectivity index (χ0v) is 12.0. The van der Waals surface area contributed by atoms with E-state index in [2.05, 4.69) is 0 Å². The first-order valence-electron chi connectivity index (χ1n) is 6.24. The molecule has 1 amide bonds. The van der Waals surface area contributed by atoms with Gasteiger partial charge in [0.1, 0.15) is 0 Å². The first-order valence-corrected chi connectivity index (χ1v) is 8.06. The summed E-state index contributed by atoms with van der Waals surface area (Å²) >= 11 is 0. The van der Waals surface area contributed by atoms with Crippen LogP contribution in [-0.4, -0.2) is 37.3 Å². The number of piperidine rings is 1. The average molecular weight is 300 g/mol. The van der Waals surface area contributed by atoms with E-state index in [0.717, 1.165) is 24.8 Å². The van der Waals surface area contributed by atoms with Crippen LogP contribution in [0.3, 0.4) is 0 Å². The second-order valence-electron chi connectivity index (χ2n) is 4.60. The van der Waals surface area contributed by atoms with Crippen molar-refractivity contribution >= 4 is 16.2 Å². The van der Waals surface area contributed by atoms with Crippen LogP contribution in [-0.2, 0) is 14.7 Å². The van der Waals surface area contributed by atoms with Crippen LogP contribution < -0.4 is 0 Å². The third-order valence-electron chi connectivity index (χ3n) is 2.93. The smallest absolute Gasteiger partial charge is 0.407 e. The first kappa shape index (κ1) is 16.5. The van der Waals surface area contributed by atoms with E-state index in [1.165, 1.54) is 0 Å². The molecule has 1 aliphatic heterocycles. The Kier molecular flexibility index (Phi) is 5.97. The normalized spacial score (nSPS) is 18.9. The second-order valence-corrected chi connectivity index (χ2v) is 6.01. The van der Waals surface area contributed by atoms with Gasteiger partial charge in [-0.2, -0.15) is 8.42 Å². The molecule has 0 spiro atoms. The van der Waals surface area contributed by atoms with Gasteiger partial charge in [-0.15, -0.1) is 0 Å². The minimum absolute atomic E-state index is 0.0532. The summed E-state index contributed by atoms with van der Waals surface area (Å²) in [5, 5.41) is 9.10. The number of carbonyl (C=O) groups is 1. The zero-order chi connectivity index (χ0) is 15.2. The van der Waals surface area contributed by atoms with Gasteiger partial charge in [0, 0.05) is 6.54 Å². The van der Waals surface area contributed by atoms with Crippen molar-refractivity contribution in [3.63, 3.8) is 0 Å². The van der Waals surface area contributed by atoms with Crippen molar-refractivity contribution in [2.75, 3.05) is 12.8 Å². The van der Waals surface area contributed by atoms with Crippen LogP contribution in [0.15, 0.2) is 30.3 Å². The molecule has 6 nitrogen and oxygen atoms in total. The van der Waals surface area contributed by atoms with Crippen molar-refractivity contribution in [3.8, 4) is 0 Å². The lowest BCUT2D eigenvalue weighted by molar-refractivity contribution is 0.106. The summed E-state index contributed by atoms with van der Waals surface area (Å²) in [6, 6.07) is 9.95. The second kappa shape index (κ2) is 7.25. The zero-order valence-electron chi connectivity index (χ0n) is 11.2. The molecular weight excluding hydrogens is 282 g/mol. The minimum atomic E-state index is -3.92. The molecule has 1 atom stereocenters. The number of rotatable bonds is 1. The van der Waals surface area contributed by atoms with Crippen LogP contribution in [0.4, 0.5) is 4.79 Å². The summed E-state index contributed by atoms with van der Waals surface area (Å²) < 4.78 is 27.2. The maximum absolute atomic E-state index is 11.1. The van der Waals surface area contributed by atoms with Gasteiger partial charge in [-0.25, -0.2) is 4.79 Å². The molecular formula is C13H18NO5S. The Balaban J connectivity index is 0.000000347. The molecule has 1 unspecified atom stereocenters. The summed E-state index contributed by atoms with van der Waals surface area (Å²) in [7, 11) is -3.92. The van der Waals surface area contributed by atoms with Gasteiger partial charge >= 0.3 is 6.09 Å². The van der Waals surface area contributed by atoms with Crippen molar-refractivity contribution in [1.82, 2.24) is 4.90 Å². The quantitative estimate of drug-likeness (QED) is 0.860. The van der Waals surface area contributed by atoms with Crippen molar-refractivity contribution < 1.29 is 22.9 Å². The SMILES string of the molecule is CS([O])(=O)=O.O=C(O)N1CCCCC1c1ccccc1. The Hall–Kier alpha value is -1.60. The molecule has 1 saturated heterocycles. The van der Waals surface area contributed by atoms with E-state index in [1.54, 1.807) is 4.90 Å². The molecule has 0 aromatic heterocycles. The highest BCUT2D eigenvalue weighted by Crippen LogP contribution is 2.30. The lowest BCUT2D eigenvalue weighted by Crippen LogP contribution is -2.37. The molecule has 1 aliphatic rings. The number of benzene rings is 1. The largest absolute Gasteiger partial charge is 0.465 e. The topological polar surface area (TPSA) is 94.6 Å². The summed E-state index contributed by atoms with van der Waals surface area (Å²) in [6.45, 7) is 0.662. The van der Waals surface area contributed by atoms with E-state index in [9.17, 15) is 4.79 Å². The maximum Gasteiger partial charge on any atom is 0.407 e. The highest BCUT2D eigenvalue weighted by molar-refractivity contribution is 7.84. The van der Waals surface area contributed by atoms with Crippen molar-refractivity contribution in [2.24, 2.45) is 0 Å². The van der Waals surface area contributed by atoms with E-state index in [-0.39, 0.29) is 6.04 Å². The fraction of sp³-hybridized carbons (Fsp3) is 0.462. The molecule has 0 saturated carbocycles. The van der Waals surface area contributed by atoms with Gasteiger partial charge in [-0.1, -0.05) is 34.9 Å². The Morgan fingerprint density at radius 3 is 2.30 bits per heavy atom. The summed E-state index contributed by atoms with van der Waals surface area (Å²) in [6.07, 6.45) is 2.84. The third kappa shape index (κ3) is 6.03. The monoisotopic (exact) mass is 300 g/mol. The van der Waals surface area contributed by atoms with Crippen LogP contribution >= 0.6 is 0 Å². The molecule has 0 aliphatic carbocycles. The standard InChI is InChI=1S/C12H15NO2.CH3O3S/c14-12(15)13-9-5-4-8-11(13)10-6-2-1-3-7-10;1-5(2,3)4/h1-3,6-7,11H,4-5,8-9H2,(H,14,15);1H3. The summed E-state index contributed by atoms with van der Waals surface area (Å²) in [5.41, 5.74) is 1.11. The fourth-order valence-electron chi connectivity index (χ4n) is 2.18. The Bertz CT molecular complexity index is 521. The lowest BCUT2D eigenvalue weighted by Gasteiger charge is -2.33. The Morgan fingerprint density at radius 1 is 1.25 bits per heavy atom. The summed E-state index contributed by atoms with van der Waals surface area (Å²) in [4.78, 5) is 12.6. The molecule has 1 aromatic carbocycles. The van der Waals surface area contributed by atoms with E-state index in [4.69, 9.17) is 18.1 Å². The first-order chi connectivity index (χ1) is 9.29. The fourth-order valence-corrected chi connectivity index (χ4v) is 2.18. The number of likely N-dealkylation sites (tertiary alicyclic amines) is 1. The molecule has 7 heteroatoms. The molecule has 1 N–H and O–H groups in total. The molecule has 1 fully saturated rings. The Labute approximate surface area is 118 Å². The van der Waals surface area contributed by atoms with Gasteiger partial charge in [0.05, 0.1) is 12.3 Å². The molecule has 111 valence electrons. The maximum atomic E-state index is 11.1. The van der Waals surface area contributed by atoms with E-state index in [0.29, 0.717) is 12.8 Å². The van der Waals surface area contributed by atoms with Crippen LogP contribution in [0.25, 0.3) is 0 Å². The van der Waals surface area contributed by atoms with Crippen LogP contribution in [0.5, 0.6) is 0 Å². The third-order valence-corrected chi connectivity index (χ3v) is 2.93. The van der Waals surface area contributed by atoms with Gasteiger partial charge in [0.2, 0.25) is 0 Å². The van der Waals surface area contributed by atoms with Crippen LogP contribution in [0.2, 0.25) is 0 Å². The number of hydrogen-bond acceptors (Lipinski definition) is 3. The van der Waals surface area contributed by atoms with Crippen molar-refractivity contribution in [3.05, 3.63) is 35.9 Å². The van der Waals surface area contributed by atoms with Gasteiger partial charge in [-0.3, -0.25) is 0 Å². The van der Waals surface area contributed by atoms with E-state index < -0.39 is 16.2 Å². The van der Waals surface area contributed by atoms with Gasteiger partial charge in [-0.05, 0) is 24.8 Å². The predicted octanol–water partition coefficient (Wildman–Crippen LogP) is 2.27. The number of hydrogen-bond donors (Lipinski definition) is 1. The van der Waals surface area contributed by atoms with Crippen molar-refractivity contribution in [1.29, 1.82) is 0 Å². The number of nitrogens with zero attached hydrogens (tertiary/aromatic N) is 1. The van der Waals surface area contributed by atoms with E-state index >= 15 is 0 Å². The number of carboxylic acid groups (broad SMARTS) is 1. The molecule has 0 bridgehead atoms. The van der Waals surface area contributed by atoms with Gasteiger partial charge < -0.3 is 10.0 Å². The molecule has 1 aromatic rings. The molecule has 1 heterocycles. The van der Waals surface area contributed by atoms with Gasteiger partial charge in [0.15, 0.2) is 0 Å². The van der Waals surface area contributed by atoms with Crippen LogP contribution in [0, 0.1) is 0 Å². The average Bonchev–Trinajstić information content (AvgIpc) is 2.38. The molecule has 2 rings (SSSR count). The van der Waals surface area contributed by atoms with Crippen LogP contribution in [0.1, 0.15) is 30.9 Å². The number of amides is 1. The lowest BCUT2D eigenvalue weighted by atomic mass is 9.96. The minimum Gasteiger partial charge on any atom is -0.465 e. The highest BCUT2D eigenvalue weighted by atomic mass is 32.2. The highest BCUT2D eigenvalue weighted by Gasteiger charge is 2.27. The van der Waals surface area contributed by atoms with E-state index in [1.807, 2.05) is 30.3 Å². The summed E-state index contributed by atoms with van der Waals surface area (Å²) in [5.74, 6) is 0. The Morgan fingerprint density at radius 2 is 1.80 bits per heavy atom. The predicted molar refractivity (Wildman–Crippen MR) is 73.3 cm³/mol.